The largest absolute Gasteiger partial charge is 0.465 e. The van der Waals surface area contributed by atoms with Crippen LogP contribution in [0, 0.1) is 5.92 Å². The van der Waals surface area contributed by atoms with Crippen molar-refractivity contribution in [2.24, 2.45) is 5.92 Å². The molecule has 2 atom stereocenters. The van der Waals surface area contributed by atoms with Gasteiger partial charge in [0, 0.05) is 11.3 Å². The van der Waals surface area contributed by atoms with Crippen LogP contribution in [0.3, 0.4) is 0 Å². The molecule has 1 N–H and O–H groups in total. The number of unbranched alkanes of at least 4 members (excludes halogenated alkanes) is 2. The van der Waals surface area contributed by atoms with Crippen LogP contribution in [0.4, 0.5) is 4.79 Å². The van der Waals surface area contributed by atoms with Gasteiger partial charge in [0.1, 0.15) is 5.60 Å². The van der Waals surface area contributed by atoms with Crippen LogP contribution in [-0.4, -0.2) is 24.3 Å². The van der Waals surface area contributed by atoms with Crippen molar-refractivity contribution >= 4 is 23.4 Å². The first kappa shape index (κ1) is 22.5. The molecule has 26 heavy (non-hydrogen) atoms. The Morgan fingerprint density at radius 2 is 2.00 bits per heavy atom. The summed E-state index contributed by atoms with van der Waals surface area (Å²) in [6.45, 7) is 10.0. The first-order valence-corrected chi connectivity index (χ1v) is 10.3. The Bertz CT molecular complexity index is 537. The zero-order chi connectivity index (χ0) is 19.6. The summed E-state index contributed by atoms with van der Waals surface area (Å²) in [6.07, 6.45) is 3.74. The maximum absolute atomic E-state index is 12.1. The minimum atomic E-state index is -0.538. The average molecular weight is 384 g/mol. The van der Waals surface area contributed by atoms with Crippen molar-refractivity contribution in [1.82, 2.24) is 5.32 Å². The molecule has 1 aromatic rings. The quantitative estimate of drug-likeness (QED) is 0.430. The molecule has 0 aliphatic carbocycles. The first-order valence-electron chi connectivity index (χ1n) is 9.39. The standard InChI is InChI=1S/C20H33NO4S/c1-6-7-8-11-18(22)24-14-15(2)13-16(17-10-9-12-26-17)21-19(23)25-20(3,4)5/h9-10,12,15-16H,6-8,11,13-14H2,1-5H3,(H,21,23)/t15-,16?/m1/s1. The van der Waals surface area contributed by atoms with Crippen molar-refractivity contribution in [3.05, 3.63) is 22.4 Å². The molecular formula is C20H33NO4S. The van der Waals surface area contributed by atoms with Gasteiger partial charge in [-0.05, 0) is 51.0 Å². The fraction of sp³-hybridized carbons (Fsp3) is 0.700. The third kappa shape index (κ3) is 9.80. The molecule has 1 aromatic heterocycles. The molecule has 1 heterocycles. The number of hydrogen-bond donors (Lipinski definition) is 1. The van der Waals surface area contributed by atoms with Crippen LogP contribution in [0.2, 0.25) is 0 Å². The summed E-state index contributed by atoms with van der Waals surface area (Å²) in [6, 6.07) is 3.80. The summed E-state index contributed by atoms with van der Waals surface area (Å²) >= 11 is 1.59. The second-order valence-electron chi connectivity index (χ2n) is 7.70. The fourth-order valence-electron chi connectivity index (χ4n) is 2.48. The van der Waals surface area contributed by atoms with Gasteiger partial charge in [-0.15, -0.1) is 11.3 Å². The maximum atomic E-state index is 12.1. The molecule has 0 bridgehead atoms. The number of thiophene rings is 1. The summed E-state index contributed by atoms with van der Waals surface area (Å²) in [5, 5.41) is 4.93. The van der Waals surface area contributed by atoms with Crippen molar-refractivity contribution in [1.29, 1.82) is 0 Å². The Hall–Kier alpha value is -1.56. The highest BCUT2D eigenvalue weighted by atomic mass is 32.1. The number of esters is 1. The Kier molecular flexibility index (Phi) is 9.70. The van der Waals surface area contributed by atoms with E-state index in [0.717, 1.165) is 24.1 Å². The molecule has 0 spiro atoms. The van der Waals surface area contributed by atoms with Gasteiger partial charge in [0.2, 0.25) is 0 Å². The van der Waals surface area contributed by atoms with E-state index in [-0.39, 0.29) is 17.9 Å². The van der Waals surface area contributed by atoms with E-state index in [1.165, 1.54) is 0 Å². The molecular weight excluding hydrogens is 350 g/mol. The summed E-state index contributed by atoms with van der Waals surface area (Å²) in [5.74, 6) is -0.00904. The van der Waals surface area contributed by atoms with Crippen molar-refractivity contribution in [2.45, 2.75) is 78.4 Å². The van der Waals surface area contributed by atoms with Crippen LogP contribution in [0.5, 0.6) is 0 Å². The van der Waals surface area contributed by atoms with Gasteiger partial charge in [0.25, 0.3) is 0 Å². The van der Waals surface area contributed by atoms with E-state index in [0.29, 0.717) is 19.4 Å². The van der Waals surface area contributed by atoms with E-state index < -0.39 is 11.7 Å². The highest BCUT2D eigenvalue weighted by Crippen LogP contribution is 2.26. The molecule has 1 amide bonds. The number of carbonyl (C=O) groups is 2. The van der Waals surface area contributed by atoms with Gasteiger partial charge >= 0.3 is 12.1 Å². The molecule has 0 aliphatic heterocycles. The number of nitrogens with one attached hydrogen (secondary N) is 1. The van der Waals surface area contributed by atoms with Crippen LogP contribution in [0.15, 0.2) is 17.5 Å². The molecule has 148 valence electrons. The zero-order valence-corrected chi connectivity index (χ0v) is 17.5. The molecule has 6 heteroatoms. The van der Waals surface area contributed by atoms with E-state index in [4.69, 9.17) is 9.47 Å². The molecule has 0 saturated heterocycles. The van der Waals surface area contributed by atoms with Gasteiger partial charge in [-0.2, -0.15) is 0 Å². The third-order valence-electron chi connectivity index (χ3n) is 3.73. The third-order valence-corrected chi connectivity index (χ3v) is 4.71. The minimum absolute atomic E-state index is 0.132. The van der Waals surface area contributed by atoms with Gasteiger partial charge in [0.15, 0.2) is 0 Å². The first-order chi connectivity index (χ1) is 12.2. The Morgan fingerprint density at radius 3 is 2.58 bits per heavy atom. The normalized spacial score (nSPS) is 13.7. The van der Waals surface area contributed by atoms with E-state index in [9.17, 15) is 9.59 Å². The van der Waals surface area contributed by atoms with Crippen molar-refractivity contribution in [2.75, 3.05) is 6.61 Å². The Balaban J connectivity index is 2.52. The van der Waals surface area contributed by atoms with Gasteiger partial charge in [0.05, 0.1) is 12.6 Å². The molecule has 5 nitrogen and oxygen atoms in total. The van der Waals surface area contributed by atoms with Crippen LogP contribution in [0.25, 0.3) is 0 Å². The van der Waals surface area contributed by atoms with Crippen LogP contribution in [-0.2, 0) is 14.3 Å². The summed E-state index contributed by atoms with van der Waals surface area (Å²) < 4.78 is 10.7. The highest BCUT2D eigenvalue weighted by molar-refractivity contribution is 7.10. The molecule has 0 fully saturated rings. The van der Waals surface area contributed by atoms with Crippen molar-refractivity contribution in [3.8, 4) is 0 Å². The van der Waals surface area contributed by atoms with E-state index in [1.807, 2.05) is 45.2 Å². The topological polar surface area (TPSA) is 64.6 Å². The number of alkyl carbamates (subject to hydrolysis) is 1. The maximum Gasteiger partial charge on any atom is 0.408 e. The minimum Gasteiger partial charge on any atom is -0.465 e. The lowest BCUT2D eigenvalue weighted by Crippen LogP contribution is -2.35. The van der Waals surface area contributed by atoms with E-state index >= 15 is 0 Å². The predicted octanol–water partition coefficient (Wildman–Crippen LogP) is 5.46. The van der Waals surface area contributed by atoms with Crippen molar-refractivity contribution in [3.63, 3.8) is 0 Å². The Morgan fingerprint density at radius 1 is 1.27 bits per heavy atom. The van der Waals surface area contributed by atoms with Gasteiger partial charge in [-0.3, -0.25) is 4.79 Å². The number of amides is 1. The van der Waals surface area contributed by atoms with Crippen LogP contribution >= 0.6 is 11.3 Å². The van der Waals surface area contributed by atoms with Crippen LogP contribution in [0.1, 0.15) is 77.6 Å². The van der Waals surface area contributed by atoms with Gasteiger partial charge in [-0.1, -0.05) is 32.8 Å². The monoisotopic (exact) mass is 383 g/mol. The van der Waals surface area contributed by atoms with E-state index in [2.05, 4.69) is 12.2 Å². The lowest BCUT2D eigenvalue weighted by molar-refractivity contribution is -0.145. The van der Waals surface area contributed by atoms with Crippen molar-refractivity contribution < 1.29 is 19.1 Å². The molecule has 1 rings (SSSR count). The van der Waals surface area contributed by atoms with E-state index in [1.54, 1.807) is 11.3 Å². The highest BCUT2D eigenvalue weighted by Gasteiger charge is 2.23. The molecule has 1 unspecified atom stereocenters. The van der Waals surface area contributed by atoms with Crippen LogP contribution < -0.4 is 5.32 Å². The molecule has 0 saturated carbocycles. The smallest absolute Gasteiger partial charge is 0.408 e. The molecule has 0 aliphatic rings. The summed E-state index contributed by atoms with van der Waals surface area (Å²) in [7, 11) is 0. The average Bonchev–Trinajstić information content (AvgIpc) is 3.05. The zero-order valence-electron chi connectivity index (χ0n) is 16.7. The van der Waals surface area contributed by atoms with Gasteiger partial charge < -0.3 is 14.8 Å². The Labute approximate surface area is 161 Å². The second kappa shape index (κ2) is 11.2. The fourth-order valence-corrected chi connectivity index (χ4v) is 3.27. The lowest BCUT2D eigenvalue weighted by atomic mass is 10.0. The lowest BCUT2D eigenvalue weighted by Gasteiger charge is -2.25. The summed E-state index contributed by atoms with van der Waals surface area (Å²) in [4.78, 5) is 25.0. The van der Waals surface area contributed by atoms with Gasteiger partial charge in [-0.25, -0.2) is 4.79 Å². The summed E-state index contributed by atoms with van der Waals surface area (Å²) in [5.41, 5.74) is -0.538. The number of hydrogen-bond acceptors (Lipinski definition) is 5. The predicted molar refractivity (Wildman–Crippen MR) is 105 cm³/mol. The molecule has 0 radical (unpaired) electrons. The second-order valence-corrected chi connectivity index (χ2v) is 8.67. The molecule has 0 aromatic carbocycles. The SMILES string of the molecule is CCCCCC(=O)OC[C@H](C)CC(NC(=O)OC(C)(C)C)c1cccs1. The number of carbonyl (C=O) groups excluding carboxylic acids is 2. The number of rotatable bonds is 10. The number of ether oxygens (including phenoxy) is 2.